The van der Waals surface area contributed by atoms with Crippen LogP contribution in [0.3, 0.4) is 0 Å². The lowest BCUT2D eigenvalue weighted by atomic mass is 10.2. The second kappa shape index (κ2) is 5.88. The van der Waals surface area contributed by atoms with Gasteiger partial charge in [0, 0.05) is 20.8 Å². The maximum absolute atomic E-state index is 10.9. The molecule has 0 saturated carbocycles. The first-order valence-electron chi connectivity index (χ1n) is 5.78. The molecule has 0 aliphatic rings. The quantitative estimate of drug-likeness (QED) is 0.618. The van der Waals surface area contributed by atoms with Crippen molar-refractivity contribution in [1.82, 2.24) is 4.98 Å². The summed E-state index contributed by atoms with van der Waals surface area (Å²) in [6.45, 7) is 0. The van der Waals surface area contributed by atoms with Crippen molar-refractivity contribution in [1.29, 1.82) is 0 Å². The second-order valence-electron chi connectivity index (χ2n) is 4.17. The lowest BCUT2D eigenvalue weighted by Gasteiger charge is -1.99. The molecule has 106 valence electrons. The highest BCUT2D eigenvalue weighted by molar-refractivity contribution is 9.10. The highest BCUT2D eigenvalue weighted by Gasteiger charge is 2.12. The van der Waals surface area contributed by atoms with E-state index < -0.39 is 5.97 Å². The van der Waals surface area contributed by atoms with E-state index in [-0.39, 0.29) is 0 Å². The predicted molar refractivity (Wildman–Crippen MR) is 90.5 cm³/mol. The van der Waals surface area contributed by atoms with Gasteiger partial charge in [-0.05, 0) is 34.1 Å². The Morgan fingerprint density at radius 3 is 2.71 bits per heavy atom. The van der Waals surface area contributed by atoms with Crippen molar-refractivity contribution in [2.75, 3.05) is 0 Å². The Labute approximate surface area is 142 Å². The van der Waals surface area contributed by atoms with Crippen LogP contribution in [0.25, 0.3) is 21.1 Å². The van der Waals surface area contributed by atoms with Crippen molar-refractivity contribution in [2.24, 2.45) is 0 Å². The van der Waals surface area contributed by atoms with Crippen LogP contribution in [0.1, 0.15) is 10.4 Å². The van der Waals surface area contributed by atoms with Crippen molar-refractivity contribution in [2.45, 2.75) is 0 Å². The number of thiophene rings is 1. The number of aromatic carboxylic acids is 1. The molecule has 0 spiro atoms. The molecular weight excluding hydrogens is 394 g/mol. The molecule has 7 heteroatoms. The third kappa shape index (κ3) is 3.03. The molecule has 0 unspecified atom stereocenters. The topological polar surface area (TPSA) is 50.2 Å². The Morgan fingerprint density at radius 1 is 1.24 bits per heavy atom. The molecule has 3 nitrogen and oxygen atoms in total. The third-order valence-electron chi connectivity index (χ3n) is 2.77. The van der Waals surface area contributed by atoms with Crippen molar-refractivity contribution >= 4 is 56.2 Å². The van der Waals surface area contributed by atoms with Crippen LogP contribution in [-0.2, 0) is 0 Å². The lowest BCUT2D eigenvalue weighted by Crippen LogP contribution is -1.91. The van der Waals surface area contributed by atoms with E-state index in [4.69, 9.17) is 16.7 Å². The standard InChI is InChI=1S/C14H7BrClNO2S2/c15-9-3-7(1-2-10(9)16)13-17-11(6-21-13)12-4-8(5-20-12)14(18)19/h1-6H,(H,18,19). The summed E-state index contributed by atoms with van der Waals surface area (Å²) in [5.41, 5.74) is 2.05. The van der Waals surface area contributed by atoms with Crippen LogP contribution < -0.4 is 0 Å². The Balaban J connectivity index is 1.95. The molecule has 0 atom stereocenters. The van der Waals surface area contributed by atoms with Gasteiger partial charge in [0.25, 0.3) is 0 Å². The summed E-state index contributed by atoms with van der Waals surface area (Å²) in [6, 6.07) is 7.29. The number of benzene rings is 1. The van der Waals surface area contributed by atoms with E-state index in [1.54, 1.807) is 11.4 Å². The number of hydrogen-bond donors (Lipinski definition) is 1. The highest BCUT2D eigenvalue weighted by Crippen LogP contribution is 2.34. The van der Waals surface area contributed by atoms with Gasteiger partial charge in [-0.3, -0.25) is 0 Å². The summed E-state index contributed by atoms with van der Waals surface area (Å²) in [5, 5.41) is 14.0. The number of aromatic nitrogens is 1. The maximum Gasteiger partial charge on any atom is 0.336 e. The molecular formula is C14H7BrClNO2S2. The molecule has 3 aromatic rings. The normalized spacial score (nSPS) is 10.8. The van der Waals surface area contributed by atoms with Gasteiger partial charge in [0.15, 0.2) is 0 Å². The largest absolute Gasteiger partial charge is 0.478 e. The van der Waals surface area contributed by atoms with Crippen LogP contribution in [-0.4, -0.2) is 16.1 Å². The van der Waals surface area contributed by atoms with Crippen molar-refractivity contribution in [3.8, 4) is 21.1 Å². The van der Waals surface area contributed by atoms with Crippen molar-refractivity contribution < 1.29 is 9.90 Å². The summed E-state index contributed by atoms with van der Waals surface area (Å²) in [5.74, 6) is -0.922. The lowest BCUT2D eigenvalue weighted by molar-refractivity contribution is 0.0697. The average molecular weight is 401 g/mol. The van der Waals surface area contributed by atoms with Gasteiger partial charge in [-0.15, -0.1) is 22.7 Å². The van der Waals surface area contributed by atoms with Crippen LogP contribution in [0.2, 0.25) is 5.02 Å². The van der Waals surface area contributed by atoms with E-state index in [1.165, 1.54) is 22.7 Å². The van der Waals surface area contributed by atoms with Gasteiger partial charge in [0.05, 0.1) is 21.2 Å². The molecule has 0 aliphatic heterocycles. The molecule has 3 rings (SSSR count). The van der Waals surface area contributed by atoms with Gasteiger partial charge in [-0.25, -0.2) is 9.78 Å². The van der Waals surface area contributed by atoms with Gasteiger partial charge in [-0.1, -0.05) is 17.7 Å². The smallest absolute Gasteiger partial charge is 0.336 e. The molecule has 1 aromatic carbocycles. The molecule has 0 aliphatic carbocycles. The zero-order chi connectivity index (χ0) is 15.0. The molecule has 0 bridgehead atoms. The fourth-order valence-corrected chi connectivity index (χ4v) is 3.96. The highest BCUT2D eigenvalue weighted by atomic mass is 79.9. The van der Waals surface area contributed by atoms with E-state index in [2.05, 4.69) is 20.9 Å². The first-order chi connectivity index (χ1) is 10.0. The Morgan fingerprint density at radius 2 is 2.05 bits per heavy atom. The number of thiazole rings is 1. The fraction of sp³-hybridized carbons (Fsp3) is 0. The van der Waals surface area contributed by atoms with Crippen LogP contribution in [0.4, 0.5) is 0 Å². The summed E-state index contributed by atoms with van der Waals surface area (Å²) < 4.78 is 0.822. The number of carbonyl (C=O) groups is 1. The first-order valence-corrected chi connectivity index (χ1v) is 8.71. The molecule has 0 amide bonds. The van der Waals surface area contributed by atoms with E-state index in [9.17, 15) is 4.79 Å². The van der Waals surface area contributed by atoms with Crippen LogP contribution in [0, 0.1) is 0 Å². The van der Waals surface area contributed by atoms with E-state index >= 15 is 0 Å². The average Bonchev–Trinajstić information content (AvgIpc) is 3.09. The van der Waals surface area contributed by atoms with E-state index in [0.29, 0.717) is 10.6 Å². The monoisotopic (exact) mass is 399 g/mol. The molecule has 0 radical (unpaired) electrons. The summed E-state index contributed by atoms with van der Waals surface area (Å²) in [4.78, 5) is 16.3. The molecule has 0 fully saturated rings. The number of hydrogen-bond acceptors (Lipinski definition) is 4. The second-order valence-corrected chi connectivity index (χ2v) is 7.20. The minimum Gasteiger partial charge on any atom is -0.478 e. The summed E-state index contributed by atoms with van der Waals surface area (Å²) in [7, 11) is 0. The van der Waals surface area contributed by atoms with Gasteiger partial charge >= 0.3 is 5.97 Å². The number of rotatable bonds is 3. The zero-order valence-corrected chi connectivity index (χ0v) is 14.3. The van der Waals surface area contributed by atoms with Gasteiger partial charge in [0.1, 0.15) is 5.01 Å². The van der Waals surface area contributed by atoms with Gasteiger partial charge in [0.2, 0.25) is 0 Å². The van der Waals surface area contributed by atoms with Crippen molar-refractivity contribution in [3.63, 3.8) is 0 Å². The minimum atomic E-state index is -0.922. The van der Waals surface area contributed by atoms with Gasteiger partial charge < -0.3 is 5.11 Å². The van der Waals surface area contributed by atoms with Crippen LogP contribution in [0.15, 0.2) is 39.5 Å². The zero-order valence-electron chi connectivity index (χ0n) is 10.3. The van der Waals surface area contributed by atoms with E-state index in [0.717, 1.165) is 25.6 Å². The molecule has 1 N–H and O–H groups in total. The number of carboxylic acid groups (broad SMARTS) is 1. The van der Waals surface area contributed by atoms with Crippen LogP contribution in [0.5, 0.6) is 0 Å². The van der Waals surface area contributed by atoms with Gasteiger partial charge in [-0.2, -0.15) is 0 Å². The number of halogens is 2. The first kappa shape index (κ1) is 14.7. The summed E-state index contributed by atoms with van der Waals surface area (Å²) >= 11 is 12.3. The predicted octanol–water partition coefficient (Wildman–Crippen LogP) is 5.65. The summed E-state index contributed by atoms with van der Waals surface area (Å²) in [6.07, 6.45) is 0. The third-order valence-corrected chi connectivity index (χ3v) is 5.83. The minimum absolute atomic E-state index is 0.291. The Bertz CT molecular complexity index is 828. The van der Waals surface area contributed by atoms with E-state index in [1.807, 2.05) is 23.6 Å². The van der Waals surface area contributed by atoms with Crippen LogP contribution >= 0.6 is 50.2 Å². The maximum atomic E-state index is 10.9. The van der Waals surface area contributed by atoms with Crippen molar-refractivity contribution in [3.05, 3.63) is 50.1 Å². The Kier molecular flexibility index (Phi) is 4.12. The number of nitrogens with zero attached hydrogens (tertiary/aromatic N) is 1. The molecule has 0 saturated heterocycles. The fourth-order valence-electron chi connectivity index (χ4n) is 1.73. The Hall–Kier alpha value is -1.21. The molecule has 2 aromatic heterocycles. The SMILES string of the molecule is O=C(O)c1csc(-c2csc(-c3ccc(Cl)c(Br)c3)n2)c1. The number of carboxylic acids is 1. The molecule has 21 heavy (non-hydrogen) atoms. The molecule has 2 heterocycles.